The molecule has 1 fully saturated rings. The maximum Gasteiger partial charge on any atom is 0.251 e. The zero-order valence-corrected chi connectivity index (χ0v) is 17.8. The molecule has 6 nitrogen and oxygen atoms in total. The van der Waals surface area contributed by atoms with Crippen molar-refractivity contribution in [2.24, 2.45) is 5.92 Å². The Balaban J connectivity index is 2.13. The van der Waals surface area contributed by atoms with Gasteiger partial charge in [-0.1, -0.05) is 19.9 Å². The number of morpholine rings is 1. The predicted octanol–water partition coefficient (Wildman–Crippen LogP) is 3.04. The summed E-state index contributed by atoms with van der Waals surface area (Å²) in [7, 11) is -3.66. The Morgan fingerprint density at radius 3 is 2.41 bits per heavy atom. The SMILES string of the molecule is CC(C)CCC(C)NC(=O)c1cccc(S(=O)(=O)N2CC(C)OC(C)C2)c1. The number of rotatable bonds is 7. The van der Waals surface area contributed by atoms with E-state index in [9.17, 15) is 13.2 Å². The fraction of sp³-hybridized carbons (Fsp3) is 0.650. The zero-order valence-electron chi connectivity index (χ0n) is 16.9. The maximum atomic E-state index is 13.0. The van der Waals surface area contributed by atoms with E-state index in [0.29, 0.717) is 24.6 Å². The number of hydrogen-bond acceptors (Lipinski definition) is 4. The largest absolute Gasteiger partial charge is 0.373 e. The molecule has 1 aliphatic rings. The molecule has 1 aromatic rings. The van der Waals surface area contributed by atoms with Crippen molar-refractivity contribution < 1.29 is 17.9 Å². The van der Waals surface area contributed by atoms with E-state index in [1.54, 1.807) is 18.2 Å². The van der Waals surface area contributed by atoms with E-state index in [1.807, 2.05) is 20.8 Å². The van der Waals surface area contributed by atoms with Gasteiger partial charge in [0.2, 0.25) is 10.0 Å². The molecule has 1 N–H and O–H groups in total. The van der Waals surface area contributed by atoms with Crippen LogP contribution >= 0.6 is 0 Å². The Morgan fingerprint density at radius 2 is 1.81 bits per heavy atom. The molecule has 2 rings (SSSR count). The Kier molecular flexibility index (Phi) is 7.42. The third-order valence-corrected chi connectivity index (χ3v) is 6.50. The molecule has 0 bridgehead atoms. The molecule has 0 spiro atoms. The summed E-state index contributed by atoms with van der Waals surface area (Å²) in [6.07, 6.45) is 1.61. The first kappa shape index (κ1) is 21.9. The van der Waals surface area contributed by atoms with Gasteiger partial charge in [-0.15, -0.1) is 0 Å². The normalized spacial score (nSPS) is 22.6. The van der Waals surface area contributed by atoms with E-state index in [0.717, 1.165) is 12.8 Å². The number of nitrogens with one attached hydrogen (secondary N) is 1. The molecular weight excluding hydrogens is 364 g/mol. The van der Waals surface area contributed by atoms with Gasteiger partial charge < -0.3 is 10.1 Å². The van der Waals surface area contributed by atoms with Crippen LogP contribution in [0.4, 0.5) is 0 Å². The number of benzene rings is 1. The molecule has 1 saturated heterocycles. The molecule has 0 aromatic heterocycles. The molecular formula is C20H32N2O4S. The number of carbonyl (C=O) groups excluding carboxylic acids is 1. The lowest BCUT2D eigenvalue weighted by Gasteiger charge is -2.34. The van der Waals surface area contributed by atoms with E-state index in [4.69, 9.17) is 4.74 Å². The highest BCUT2D eigenvalue weighted by Crippen LogP contribution is 2.22. The van der Waals surface area contributed by atoms with Crippen molar-refractivity contribution in [2.75, 3.05) is 13.1 Å². The van der Waals surface area contributed by atoms with Crippen molar-refractivity contribution in [3.8, 4) is 0 Å². The Labute approximate surface area is 163 Å². The van der Waals surface area contributed by atoms with Gasteiger partial charge in [0.25, 0.3) is 5.91 Å². The van der Waals surface area contributed by atoms with Crippen LogP contribution < -0.4 is 5.32 Å². The zero-order chi connectivity index (χ0) is 20.2. The summed E-state index contributed by atoms with van der Waals surface area (Å²) >= 11 is 0. The number of nitrogens with zero attached hydrogens (tertiary/aromatic N) is 1. The maximum absolute atomic E-state index is 13.0. The highest BCUT2D eigenvalue weighted by Gasteiger charge is 2.32. The van der Waals surface area contributed by atoms with Crippen LogP contribution in [0.25, 0.3) is 0 Å². The monoisotopic (exact) mass is 396 g/mol. The second-order valence-corrected chi connectivity index (χ2v) is 9.89. The summed E-state index contributed by atoms with van der Waals surface area (Å²) in [6.45, 7) is 10.6. The summed E-state index contributed by atoms with van der Waals surface area (Å²) in [6, 6.07) is 6.31. The first-order valence-electron chi connectivity index (χ1n) is 9.66. The average molecular weight is 397 g/mol. The highest BCUT2D eigenvalue weighted by molar-refractivity contribution is 7.89. The van der Waals surface area contributed by atoms with Gasteiger partial charge in [0.15, 0.2) is 0 Å². The van der Waals surface area contributed by atoms with Crippen LogP contribution in [0.1, 0.15) is 57.8 Å². The van der Waals surface area contributed by atoms with E-state index in [1.165, 1.54) is 10.4 Å². The van der Waals surface area contributed by atoms with Gasteiger partial charge in [-0.3, -0.25) is 4.79 Å². The lowest BCUT2D eigenvalue weighted by Crippen LogP contribution is -2.48. The molecule has 1 amide bonds. The standard InChI is InChI=1S/C20H32N2O4S/c1-14(2)9-10-15(3)21-20(23)18-7-6-8-19(11-18)27(24,25)22-12-16(4)26-17(5)13-22/h6-8,11,14-17H,9-10,12-13H2,1-5H3,(H,21,23). The summed E-state index contributed by atoms with van der Waals surface area (Å²) in [5.41, 5.74) is 0.363. The molecule has 0 saturated carbocycles. The first-order valence-corrected chi connectivity index (χ1v) is 11.1. The number of amides is 1. The predicted molar refractivity (Wildman–Crippen MR) is 106 cm³/mol. The Morgan fingerprint density at radius 1 is 1.19 bits per heavy atom. The third kappa shape index (κ3) is 6.02. The van der Waals surface area contributed by atoms with Crippen molar-refractivity contribution in [2.45, 2.75) is 70.6 Å². The summed E-state index contributed by atoms with van der Waals surface area (Å²) in [5.74, 6) is 0.336. The number of hydrogen-bond donors (Lipinski definition) is 1. The van der Waals surface area contributed by atoms with Crippen LogP contribution in [0.2, 0.25) is 0 Å². The van der Waals surface area contributed by atoms with Crippen molar-refractivity contribution in [1.29, 1.82) is 0 Å². The number of ether oxygens (including phenoxy) is 1. The van der Waals surface area contributed by atoms with Crippen LogP contribution in [0.15, 0.2) is 29.2 Å². The van der Waals surface area contributed by atoms with Crippen LogP contribution in [0, 0.1) is 5.92 Å². The van der Waals surface area contributed by atoms with Gasteiger partial charge >= 0.3 is 0 Å². The minimum Gasteiger partial charge on any atom is -0.373 e. The summed E-state index contributed by atoms with van der Waals surface area (Å²) < 4.78 is 33.0. The molecule has 3 atom stereocenters. The lowest BCUT2D eigenvalue weighted by molar-refractivity contribution is -0.0440. The molecule has 1 heterocycles. The van der Waals surface area contributed by atoms with E-state index >= 15 is 0 Å². The quantitative estimate of drug-likeness (QED) is 0.769. The second-order valence-electron chi connectivity index (χ2n) is 7.95. The summed E-state index contributed by atoms with van der Waals surface area (Å²) in [5, 5.41) is 2.96. The van der Waals surface area contributed by atoms with Crippen molar-refractivity contribution in [3.05, 3.63) is 29.8 Å². The van der Waals surface area contributed by atoms with Gasteiger partial charge in [-0.05, 0) is 57.7 Å². The fourth-order valence-corrected chi connectivity index (χ4v) is 4.87. The van der Waals surface area contributed by atoms with Crippen molar-refractivity contribution >= 4 is 15.9 Å². The number of carbonyl (C=O) groups is 1. The number of sulfonamides is 1. The molecule has 152 valence electrons. The van der Waals surface area contributed by atoms with Crippen molar-refractivity contribution in [3.63, 3.8) is 0 Å². The molecule has 0 aliphatic carbocycles. The van der Waals surface area contributed by atoms with Crippen LogP contribution in [-0.4, -0.2) is 50.0 Å². The van der Waals surface area contributed by atoms with Gasteiger partial charge in [0, 0.05) is 24.7 Å². The average Bonchev–Trinajstić information content (AvgIpc) is 2.59. The van der Waals surface area contributed by atoms with E-state index in [-0.39, 0.29) is 29.1 Å². The molecule has 27 heavy (non-hydrogen) atoms. The molecule has 3 unspecified atom stereocenters. The topological polar surface area (TPSA) is 75.7 Å². The molecule has 1 aliphatic heterocycles. The summed E-state index contributed by atoms with van der Waals surface area (Å²) in [4.78, 5) is 12.7. The van der Waals surface area contributed by atoms with Gasteiger partial charge in [-0.25, -0.2) is 8.42 Å². The Hall–Kier alpha value is -1.44. The van der Waals surface area contributed by atoms with Gasteiger partial charge in [0.05, 0.1) is 17.1 Å². The van der Waals surface area contributed by atoms with Gasteiger partial charge in [0.1, 0.15) is 0 Å². The van der Waals surface area contributed by atoms with Gasteiger partial charge in [-0.2, -0.15) is 4.31 Å². The second kappa shape index (κ2) is 9.17. The highest BCUT2D eigenvalue weighted by atomic mass is 32.2. The van der Waals surface area contributed by atoms with Crippen LogP contribution in [0.5, 0.6) is 0 Å². The minimum absolute atomic E-state index is 0.0427. The fourth-order valence-electron chi connectivity index (χ4n) is 3.24. The van der Waals surface area contributed by atoms with Crippen molar-refractivity contribution in [1.82, 2.24) is 9.62 Å². The lowest BCUT2D eigenvalue weighted by atomic mass is 10.0. The molecule has 0 radical (unpaired) electrons. The third-order valence-electron chi connectivity index (χ3n) is 4.67. The molecule has 7 heteroatoms. The molecule has 1 aromatic carbocycles. The van der Waals surface area contributed by atoms with E-state index < -0.39 is 10.0 Å². The van der Waals surface area contributed by atoms with Crippen LogP contribution in [-0.2, 0) is 14.8 Å². The van der Waals surface area contributed by atoms with Crippen LogP contribution in [0.3, 0.4) is 0 Å². The smallest absolute Gasteiger partial charge is 0.251 e. The van der Waals surface area contributed by atoms with E-state index in [2.05, 4.69) is 19.2 Å². The minimum atomic E-state index is -3.66. The Bertz CT molecular complexity index is 738. The first-order chi connectivity index (χ1) is 12.6.